The number of aliphatic carboxylic acids is 4. The van der Waals surface area contributed by atoms with E-state index in [9.17, 15) is 34.2 Å². The number of primary amides is 1. The Morgan fingerprint density at radius 1 is 0.368 bits per heavy atom. The zero-order valence-electron chi connectivity index (χ0n) is 53.8. The molecule has 0 bridgehead atoms. The van der Waals surface area contributed by atoms with Crippen molar-refractivity contribution in [1.29, 1.82) is 0 Å². The van der Waals surface area contributed by atoms with Gasteiger partial charge < -0.3 is 45.1 Å². The quantitative estimate of drug-likeness (QED) is 0.0157. The molecule has 95 heavy (non-hydrogen) atoms. The van der Waals surface area contributed by atoms with Crippen LogP contribution in [-0.2, 0) is 96.2 Å². The first-order valence-corrected chi connectivity index (χ1v) is 35.1. The molecule has 0 fully saturated rings. The molecule has 4 unspecified atom stereocenters. The number of hydrogen-bond donors (Lipinski definition) is 6. The van der Waals surface area contributed by atoms with E-state index in [1.165, 1.54) is 22.3 Å². The average Bonchev–Trinajstić information content (AvgIpc) is 2.06. The van der Waals surface area contributed by atoms with E-state index in [0.717, 1.165) is 104 Å². The van der Waals surface area contributed by atoms with E-state index >= 15 is 0 Å². The van der Waals surface area contributed by atoms with Gasteiger partial charge in [0.25, 0.3) is 5.24 Å². The first kappa shape index (κ1) is 75.5. The molecule has 4 aromatic heterocycles. The van der Waals surface area contributed by atoms with Crippen LogP contribution >= 0.6 is 46.0 Å². The summed E-state index contributed by atoms with van der Waals surface area (Å²) in [5.74, 6) is -1.07. The number of carboxylic acid groups (broad SMARTS) is 4. The topological polar surface area (TPSA) is 281 Å². The molecule has 0 aliphatic carbocycles. The molecule has 0 saturated heterocycles. The van der Waals surface area contributed by atoms with Crippen LogP contribution in [0.5, 0.6) is 23.0 Å². The predicted molar refractivity (Wildman–Crippen MR) is 379 cm³/mol. The fourth-order valence-corrected chi connectivity index (χ4v) is 12.5. The summed E-state index contributed by atoms with van der Waals surface area (Å²) in [7, 11) is 2.16. The van der Waals surface area contributed by atoms with Gasteiger partial charge in [0.05, 0.1) is 26.4 Å². The van der Waals surface area contributed by atoms with Crippen molar-refractivity contribution in [1.82, 2.24) is 19.9 Å². The zero-order valence-corrected chi connectivity index (χ0v) is 57.1. The summed E-state index contributed by atoms with van der Waals surface area (Å²) in [6.07, 6.45) is 15.4. The molecule has 0 spiro atoms. The number of nitrogens with two attached hydrogens (primary N) is 1. The van der Waals surface area contributed by atoms with Gasteiger partial charge in [-0.1, -0.05) is 122 Å². The van der Waals surface area contributed by atoms with Crippen LogP contribution in [0.3, 0.4) is 0 Å². The molecule has 4 aromatic carbocycles. The average molecular weight is 1370 g/mol. The van der Waals surface area contributed by atoms with Crippen LogP contribution in [0.15, 0.2) is 170 Å². The number of aryl methyl sites for hydroxylation is 4. The minimum Gasteiger partial charge on any atom is -0.493 e. The Kier molecular flexibility index (Phi) is 32.8. The molecular weight excluding hydrogens is 1280 g/mol. The Hall–Kier alpha value is -8.57. The second-order valence-corrected chi connectivity index (χ2v) is 26.3. The minimum atomic E-state index is -1.06. The number of carbonyl (C=O) groups excluding carboxylic acids is 1. The number of carboxylic acids is 4. The lowest BCUT2D eigenvalue weighted by Gasteiger charge is -2.16. The molecule has 8 rings (SSSR count). The van der Waals surface area contributed by atoms with E-state index in [0.29, 0.717) is 81.1 Å². The van der Waals surface area contributed by atoms with Crippen molar-refractivity contribution in [3.05, 3.63) is 238 Å². The van der Waals surface area contributed by atoms with Gasteiger partial charge in [0.1, 0.15) is 44.0 Å². The molecule has 22 heteroatoms. The Bertz CT molecular complexity index is 3480. The van der Waals surface area contributed by atoms with Crippen molar-refractivity contribution in [2.45, 2.75) is 126 Å². The molecule has 0 aliphatic rings. The normalized spacial score (nSPS) is 12.1. The van der Waals surface area contributed by atoms with Crippen molar-refractivity contribution < 1.29 is 63.3 Å². The summed E-state index contributed by atoms with van der Waals surface area (Å²) in [6, 6.07) is 45.7. The van der Waals surface area contributed by atoms with Crippen molar-refractivity contribution in [2.24, 2.45) is 5.73 Å². The molecule has 4 heterocycles. The molecule has 0 radical (unpaired) electrons. The first-order valence-electron chi connectivity index (χ1n) is 31.4. The molecule has 18 nitrogen and oxygen atoms in total. The number of pyridine rings is 4. The maximum atomic E-state index is 12.0. The Morgan fingerprint density at radius 3 is 0.821 bits per heavy atom. The summed E-state index contributed by atoms with van der Waals surface area (Å²) in [6.45, 7) is 10.4. The highest BCUT2D eigenvalue weighted by molar-refractivity contribution is 8.77. The monoisotopic (exact) mass is 1370 g/mol. The molecule has 1 amide bonds. The van der Waals surface area contributed by atoms with Crippen LogP contribution in [0, 0.1) is 0 Å². The van der Waals surface area contributed by atoms with Gasteiger partial charge in [-0.2, -0.15) is 12.6 Å². The summed E-state index contributed by atoms with van der Waals surface area (Å²) in [5, 5.41) is 33.8. The fraction of sp³-hybridized carbons (Fsp3) is 0.329. The third-order valence-electron chi connectivity index (χ3n) is 14.7. The number of carbonyl (C=O) groups is 5. The van der Waals surface area contributed by atoms with Gasteiger partial charge in [-0.05, 0) is 180 Å². The number of thioether (sulfide) groups is 1. The molecule has 8 aromatic rings. The highest BCUT2D eigenvalue weighted by atomic mass is 33.1. The second-order valence-electron chi connectivity index (χ2n) is 21.8. The summed E-state index contributed by atoms with van der Waals surface area (Å²) in [5.41, 5.74) is 17.2. The van der Waals surface area contributed by atoms with Crippen LogP contribution in [-0.4, -0.2) is 117 Å². The summed E-state index contributed by atoms with van der Waals surface area (Å²) < 4.78 is 23.1. The van der Waals surface area contributed by atoms with Crippen molar-refractivity contribution in [3.8, 4) is 23.0 Å². The van der Waals surface area contributed by atoms with Gasteiger partial charge in [-0.15, -0.1) is 0 Å². The van der Waals surface area contributed by atoms with Gasteiger partial charge in [0, 0.05) is 73.2 Å². The van der Waals surface area contributed by atoms with E-state index in [1.54, 1.807) is 24.3 Å². The van der Waals surface area contributed by atoms with Crippen LogP contribution in [0.25, 0.3) is 0 Å². The summed E-state index contributed by atoms with van der Waals surface area (Å²) >= 11 is 4.66. The maximum absolute atomic E-state index is 12.0. The van der Waals surface area contributed by atoms with E-state index in [1.807, 2.05) is 122 Å². The number of thiol groups is 1. The van der Waals surface area contributed by atoms with Crippen molar-refractivity contribution >= 4 is 75.1 Å². The molecule has 0 aliphatic heterocycles. The van der Waals surface area contributed by atoms with E-state index in [4.69, 9.17) is 34.9 Å². The number of amides is 1. The highest BCUT2D eigenvalue weighted by Gasteiger charge is 2.26. The van der Waals surface area contributed by atoms with Gasteiger partial charge in [-0.3, -0.25) is 43.9 Å². The van der Waals surface area contributed by atoms with Gasteiger partial charge in [-0.25, -0.2) is 0 Å². The number of nitrogens with zero attached hydrogens (tertiary/aromatic N) is 4. The Morgan fingerprint density at radius 2 is 0.611 bits per heavy atom. The standard InChI is InChI=1S/C36H40N2O6S2.C19H22N2O4S.C18H21NO3S/c1-3-25-5-11-29(37-23-25)17-19-43-31-13-7-27(8-14-31)21-33(35(39)40)45-46-34(36(41)42)22-28-9-15-32(16-10-28)44-20-18-30-12-6-26(4-2)24-38-30;1-2-13-3-6-15(21-12-13)9-10-25-16-7-4-14(5-8-16)11-17(18(22)23)26-19(20)24;1-2-13-3-6-15(19-12-13)9-10-22-16-7-4-14(5-8-16)11-17(23)18(20)21/h5-16,23-24,33-34H,3-4,17-22H2,1-2H3,(H,39,40)(H,41,42);3-8,12,17H,2,9-11H2,1H3,(H2,20,24)(H,22,23);3-8,12,17,23H,2,9-11H2,1H3,(H,20,21). The van der Waals surface area contributed by atoms with Crippen molar-refractivity contribution in [2.75, 3.05) is 26.4 Å². The third-order valence-corrected chi connectivity index (χ3v) is 19.1. The van der Waals surface area contributed by atoms with Gasteiger partial charge in [0.15, 0.2) is 0 Å². The molecule has 4 atom stereocenters. The highest BCUT2D eigenvalue weighted by Crippen LogP contribution is 2.35. The molecule has 502 valence electrons. The lowest BCUT2D eigenvalue weighted by Crippen LogP contribution is -2.23. The largest absolute Gasteiger partial charge is 0.493 e. The zero-order chi connectivity index (χ0) is 68.3. The fourth-order valence-electron chi connectivity index (χ4n) is 8.96. The molecular formula is C73H83N5O13S4. The Labute approximate surface area is 573 Å². The Balaban J connectivity index is 0.000000246. The number of ether oxygens (including phenoxy) is 4. The van der Waals surface area contributed by atoms with Crippen molar-refractivity contribution in [3.63, 3.8) is 0 Å². The number of hydrogen-bond acceptors (Lipinski definition) is 17. The van der Waals surface area contributed by atoms with E-state index < -0.39 is 50.1 Å². The predicted octanol–water partition coefficient (Wildman–Crippen LogP) is 13.2. The van der Waals surface area contributed by atoms with E-state index in [2.05, 4.69) is 84.5 Å². The minimum absolute atomic E-state index is 0.219. The maximum Gasteiger partial charge on any atom is 0.317 e. The van der Waals surface area contributed by atoms with Gasteiger partial charge >= 0.3 is 23.9 Å². The van der Waals surface area contributed by atoms with Gasteiger partial charge in [0.2, 0.25) is 0 Å². The lowest BCUT2D eigenvalue weighted by atomic mass is 10.1. The van der Waals surface area contributed by atoms with Crippen LogP contribution in [0.1, 0.15) is 95.0 Å². The smallest absolute Gasteiger partial charge is 0.317 e. The number of rotatable bonds is 36. The number of benzene rings is 4. The molecule has 6 N–H and O–H groups in total. The second kappa shape index (κ2) is 41.3. The van der Waals surface area contributed by atoms with Crippen LogP contribution in [0.2, 0.25) is 0 Å². The summed E-state index contributed by atoms with van der Waals surface area (Å²) in [4.78, 5) is 74.6. The lowest BCUT2D eigenvalue weighted by molar-refractivity contribution is -0.137. The SMILES string of the molecule is CCc1ccc(CCOc2ccc(CC(S)C(=O)O)cc2)nc1.CCc1ccc(CCOc2ccc(CC(SC(N)=O)C(=O)O)cc2)nc1.CCc1ccc(CCOc2ccc(CC(SSC(Cc3ccc(OCCc4ccc(CC)cn4)cc3)C(=O)O)C(=O)O)cc2)nc1. The van der Waals surface area contributed by atoms with E-state index in [-0.39, 0.29) is 19.3 Å². The van der Waals surface area contributed by atoms with Crippen LogP contribution in [0.4, 0.5) is 4.79 Å². The third kappa shape index (κ3) is 28.5. The van der Waals surface area contributed by atoms with Crippen LogP contribution < -0.4 is 24.7 Å². The number of aromatic nitrogens is 4. The first-order chi connectivity index (χ1) is 45.9. The molecule has 0 saturated carbocycles.